The van der Waals surface area contributed by atoms with E-state index in [2.05, 4.69) is 10.6 Å². The summed E-state index contributed by atoms with van der Waals surface area (Å²) in [7, 11) is 3.06. The lowest BCUT2D eigenvalue weighted by molar-refractivity contribution is 0.262. The minimum atomic E-state index is -0.414. The Labute approximate surface area is 122 Å². The third-order valence-electron chi connectivity index (χ3n) is 2.83. The molecule has 2 aromatic carbocycles. The second-order valence-corrected chi connectivity index (χ2v) is 4.24. The molecule has 0 saturated heterocycles. The zero-order valence-corrected chi connectivity index (χ0v) is 11.8. The summed E-state index contributed by atoms with van der Waals surface area (Å²) in [5.74, 6) is 1.10. The molecule has 0 fully saturated rings. The van der Waals surface area contributed by atoms with E-state index in [4.69, 9.17) is 15.2 Å². The van der Waals surface area contributed by atoms with E-state index in [0.717, 1.165) is 0 Å². The number of ether oxygens (including phenoxy) is 2. The molecule has 0 aliphatic carbocycles. The van der Waals surface area contributed by atoms with E-state index in [-0.39, 0.29) is 0 Å². The van der Waals surface area contributed by atoms with Gasteiger partial charge in [0.05, 0.1) is 25.6 Å². The number of benzene rings is 2. The molecular weight excluding hydrogens is 270 g/mol. The van der Waals surface area contributed by atoms with Crippen LogP contribution in [-0.2, 0) is 0 Å². The van der Waals surface area contributed by atoms with Crippen LogP contribution in [0.1, 0.15) is 0 Å². The molecule has 0 atom stereocenters. The average molecular weight is 287 g/mol. The molecule has 2 aromatic rings. The van der Waals surface area contributed by atoms with E-state index in [1.807, 2.05) is 6.07 Å². The van der Waals surface area contributed by atoms with E-state index in [0.29, 0.717) is 28.6 Å². The lowest BCUT2D eigenvalue weighted by atomic mass is 10.2. The minimum absolute atomic E-state index is 0.414. The van der Waals surface area contributed by atoms with Crippen molar-refractivity contribution in [3.05, 3.63) is 42.5 Å². The molecule has 0 saturated carbocycles. The van der Waals surface area contributed by atoms with Crippen LogP contribution in [0.4, 0.5) is 21.9 Å². The molecule has 110 valence electrons. The molecule has 0 aliphatic heterocycles. The van der Waals surface area contributed by atoms with Crippen molar-refractivity contribution in [2.75, 3.05) is 30.6 Å². The summed E-state index contributed by atoms with van der Waals surface area (Å²) < 4.78 is 10.3. The molecule has 0 radical (unpaired) electrons. The van der Waals surface area contributed by atoms with Gasteiger partial charge in [0, 0.05) is 5.69 Å². The van der Waals surface area contributed by atoms with Crippen LogP contribution in [0.15, 0.2) is 42.5 Å². The van der Waals surface area contributed by atoms with Crippen molar-refractivity contribution in [2.24, 2.45) is 0 Å². The highest BCUT2D eigenvalue weighted by molar-refractivity contribution is 6.01. The molecule has 2 amide bonds. The monoisotopic (exact) mass is 287 g/mol. The molecule has 0 bridgehead atoms. The topological polar surface area (TPSA) is 85.6 Å². The number of para-hydroxylation sites is 2. The highest BCUT2D eigenvalue weighted by Crippen LogP contribution is 2.27. The molecule has 4 N–H and O–H groups in total. The van der Waals surface area contributed by atoms with Gasteiger partial charge in [-0.3, -0.25) is 0 Å². The Morgan fingerprint density at radius 2 is 1.57 bits per heavy atom. The van der Waals surface area contributed by atoms with E-state index in [9.17, 15) is 4.79 Å². The molecular formula is C15H17N3O3. The van der Waals surface area contributed by atoms with Crippen LogP contribution < -0.4 is 25.8 Å². The Balaban J connectivity index is 2.13. The van der Waals surface area contributed by atoms with Crippen molar-refractivity contribution in [3.8, 4) is 11.5 Å². The Hall–Kier alpha value is -2.89. The summed E-state index contributed by atoms with van der Waals surface area (Å²) >= 11 is 0. The van der Waals surface area contributed by atoms with Gasteiger partial charge in [0.1, 0.15) is 11.5 Å². The molecule has 21 heavy (non-hydrogen) atoms. The number of anilines is 3. The first-order valence-corrected chi connectivity index (χ1v) is 6.28. The number of nitrogens with two attached hydrogens (primary N) is 1. The molecule has 0 unspecified atom stereocenters. The van der Waals surface area contributed by atoms with E-state index in [1.165, 1.54) is 7.11 Å². The predicted molar refractivity (Wildman–Crippen MR) is 83.0 cm³/mol. The van der Waals surface area contributed by atoms with Gasteiger partial charge in [0.25, 0.3) is 0 Å². The normalized spacial score (nSPS) is 9.81. The number of carbonyl (C=O) groups is 1. The van der Waals surface area contributed by atoms with Gasteiger partial charge in [0.2, 0.25) is 0 Å². The maximum Gasteiger partial charge on any atom is 0.323 e. The van der Waals surface area contributed by atoms with Gasteiger partial charge in [-0.1, -0.05) is 12.1 Å². The smallest absolute Gasteiger partial charge is 0.323 e. The number of nitrogens with one attached hydrogen (secondary N) is 2. The zero-order valence-electron chi connectivity index (χ0n) is 11.8. The van der Waals surface area contributed by atoms with Crippen molar-refractivity contribution in [2.45, 2.75) is 0 Å². The Morgan fingerprint density at radius 3 is 2.29 bits per heavy atom. The van der Waals surface area contributed by atoms with Crippen LogP contribution in [0.25, 0.3) is 0 Å². The van der Waals surface area contributed by atoms with Crippen molar-refractivity contribution in [3.63, 3.8) is 0 Å². The summed E-state index contributed by atoms with van der Waals surface area (Å²) in [5, 5.41) is 5.40. The first-order valence-electron chi connectivity index (χ1n) is 6.28. The molecule has 0 heterocycles. The highest BCUT2D eigenvalue weighted by Gasteiger charge is 2.10. The molecule has 6 nitrogen and oxygen atoms in total. The van der Waals surface area contributed by atoms with Crippen LogP contribution in [-0.4, -0.2) is 20.3 Å². The van der Waals surface area contributed by atoms with Gasteiger partial charge in [0.15, 0.2) is 0 Å². The van der Waals surface area contributed by atoms with Crippen molar-refractivity contribution >= 4 is 23.1 Å². The molecule has 2 rings (SSSR count). The fraction of sp³-hybridized carbons (Fsp3) is 0.133. The predicted octanol–water partition coefficient (Wildman–Crippen LogP) is 2.93. The third kappa shape index (κ3) is 3.56. The fourth-order valence-corrected chi connectivity index (χ4v) is 1.85. The third-order valence-corrected chi connectivity index (χ3v) is 2.83. The molecule has 0 aliphatic rings. The maximum absolute atomic E-state index is 12.1. The standard InChI is InChI=1S/C15H17N3O3/c1-20-13-6-4-3-5-11(13)17-15(19)18-12-9-10(16)7-8-14(12)21-2/h3-9H,16H2,1-2H3,(H2,17,18,19). The zero-order chi connectivity index (χ0) is 15.2. The molecule has 0 spiro atoms. The maximum atomic E-state index is 12.1. The van der Waals surface area contributed by atoms with Crippen molar-refractivity contribution in [1.29, 1.82) is 0 Å². The number of rotatable bonds is 4. The van der Waals surface area contributed by atoms with Gasteiger partial charge in [-0.05, 0) is 30.3 Å². The Bertz CT molecular complexity index is 644. The largest absolute Gasteiger partial charge is 0.495 e. The Kier molecular flexibility index (Phi) is 4.50. The number of carbonyl (C=O) groups excluding carboxylic acids is 1. The SMILES string of the molecule is COc1ccccc1NC(=O)Nc1cc(N)ccc1OC. The first-order chi connectivity index (χ1) is 10.1. The summed E-state index contributed by atoms with van der Waals surface area (Å²) in [6.45, 7) is 0. The van der Waals surface area contributed by atoms with Crippen molar-refractivity contribution < 1.29 is 14.3 Å². The number of amides is 2. The minimum Gasteiger partial charge on any atom is -0.495 e. The van der Waals surface area contributed by atoms with Gasteiger partial charge in [-0.2, -0.15) is 0 Å². The van der Waals surface area contributed by atoms with Crippen LogP contribution in [0.2, 0.25) is 0 Å². The summed E-state index contributed by atoms with van der Waals surface area (Å²) in [6.07, 6.45) is 0. The van der Waals surface area contributed by atoms with Gasteiger partial charge < -0.3 is 25.8 Å². The van der Waals surface area contributed by atoms with Crippen LogP contribution in [0.3, 0.4) is 0 Å². The summed E-state index contributed by atoms with van der Waals surface area (Å²) in [4.78, 5) is 12.1. The number of methoxy groups -OCH3 is 2. The molecule has 6 heteroatoms. The molecule has 0 aromatic heterocycles. The van der Waals surface area contributed by atoms with Gasteiger partial charge in [-0.25, -0.2) is 4.79 Å². The van der Waals surface area contributed by atoms with E-state index >= 15 is 0 Å². The van der Waals surface area contributed by atoms with E-state index < -0.39 is 6.03 Å². The van der Waals surface area contributed by atoms with Gasteiger partial charge in [-0.15, -0.1) is 0 Å². The van der Waals surface area contributed by atoms with Crippen LogP contribution >= 0.6 is 0 Å². The lowest BCUT2D eigenvalue weighted by Crippen LogP contribution is -2.20. The van der Waals surface area contributed by atoms with Gasteiger partial charge >= 0.3 is 6.03 Å². The average Bonchev–Trinajstić information content (AvgIpc) is 2.48. The lowest BCUT2D eigenvalue weighted by Gasteiger charge is -2.13. The fourth-order valence-electron chi connectivity index (χ4n) is 1.85. The Morgan fingerprint density at radius 1 is 0.952 bits per heavy atom. The number of hydrogen-bond acceptors (Lipinski definition) is 4. The summed E-state index contributed by atoms with van der Waals surface area (Å²) in [6, 6.07) is 11.7. The summed E-state index contributed by atoms with van der Waals surface area (Å²) in [5.41, 5.74) is 7.30. The first kappa shape index (κ1) is 14.5. The second-order valence-electron chi connectivity index (χ2n) is 4.24. The number of urea groups is 1. The number of nitrogen functional groups attached to an aromatic ring is 1. The van der Waals surface area contributed by atoms with Crippen LogP contribution in [0, 0.1) is 0 Å². The van der Waals surface area contributed by atoms with Crippen LogP contribution in [0.5, 0.6) is 11.5 Å². The quantitative estimate of drug-likeness (QED) is 0.755. The number of hydrogen-bond donors (Lipinski definition) is 3. The van der Waals surface area contributed by atoms with E-state index in [1.54, 1.807) is 43.5 Å². The highest BCUT2D eigenvalue weighted by atomic mass is 16.5. The second kappa shape index (κ2) is 6.51. The van der Waals surface area contributed by atoms with Crippen molar-refractivity contribution in [1.82, 2.24) is 0 Å².